The number of aromatic nitrogens is 1. The van der Waals surface area contributed by atoms with Gasteiger partial charge in [-0.25, -0.2) is 4.98 Å². The number of nitriles is 1. The SMILES string of the molecule is CC1(C)[C@H](NC(=O)c2ccc(N3CCC(CCN4CCN(CC(=O)O)CC4)CC3)nc2)C(C)(C)[C@H]1Oc1ccc(C#N)c(Cl)c1. The Morgan fingerprint density at radius 2 is 1.71 bits per heavy atom. The van der Waals surface area contributed by atoms with Crippen LogP contribution in [0.2, 0.25) is 5.02 Å². The molecule has 1 aliphatic carbocycles. The third-order valence-electron chi connectivity index (χ3n) is 10.1. The molecule has 242 valence electrons. The lowest BCUT2D eigenvalue weighted by Crippen LogP contribution is -2.74. The van der Waals surface area contributed by atoms with Crippen LogP contribution in [0.5, 0.6) is 5.75 Å². The quantitative estimate of drug-likeness (QED) is 0.387. The Morgan fingerprint density at radius 3 is 2.29 bits per heavy atom. The van der Waals surface area contributed by atoms with Gasteiger partial charge in [-0.15, -0.1) is 0 Å². The number of amides is 1. The summed E-state index contributed by atoms with van der Waals surface area (Å²) in [4.78, 5) is 35.7. The number of carbonyl (C=O) groups is 2. The summed E-state index contributed by atoms with van der Waals surface area (Å²) in [5.74, 6) is 1.28. The van der Waals surface area contributed by atoms with Crippen LogP contribution in [0.3, 0.4) is 0 Å². The Labute approximate surface area is 271 Å². The highest BCUT2D eigenvalue weighted by molar-refractivity contribution is 6.31. The van der Waals surface area contributed by atoms with Gasteiger partial charge in [0.2, 0.25) is 0 Å². The maximum atomic E-state index is 13.3. The zero-order valence-electron chi connectivity index (χ0n) is 26.8. The molecule has 10 nitrogen and oxygen atoms in total. The number of hydrogen-bond donors (Lipinski definition) is 2. The lowest BCUT2D eigenvalue weighted by atomic mass is 9.49. The van der Waals surface area contributed by atoms with Gasteiger partial charge in [-0.2, -0.15) is 5.26 Å². The van der Waals surface area contributed by atoms with E-state index in [0.717, 1.165) is 64.5 Å². The number of nitrogens with zero attached hydrogens (tertiary/aromatic N) is 5. The van der Waals surface area contributed by atoms with E-state index in [2.05, 4.69) is 53.9 Å². The fourth-order valence-corrected chi connectivity index (χ4v) is 7.91. The predicted octanol–water partition coefficient (Wildman–Crippen LogP) is 4.53. The Morgan fingerprint density at radius 1 is 1.04 bits per heavy atom. The molecule has 1 aromatic heterocycles. The van der Waals surface area contributed by atoms with Gasteiger partial charge in [0.25, 0.3) is 5.91 Å². The molecule has 3 aliphatic rings. The summed E-state index contributed by atoms with van der Waals surface area (Å²) >= 11 is 6.22. The van der Waals surface area contributed by atoms with Crippen molar-refractivity contribution in [3.05, 3.63) is 52.7 Å². The molecule has 2 saturated heterocycles. The van der Waals surface area contributed by atoms with Crippen LogP contribution in [0.1, 0.15) is 62.9 Å². The van der Waals surface area contributed by atoms with Gasteiger partial charge in [0.15, 0.2) is 0 Å². The average molecular weight is 637 g/mol. The number of nitrogens with one attached hydrogen (secondary N) is 1. The maximum absolute atomic E-state index is 13.3. The number of piperidine rings is 1. The number of carboxylic acid groups (broad SMARTS) is 1. The van der Waals surface area contributed by atoms with Crippen molar-refractivity contribution in [1.29, 1.82) is 5.26 Å². The number of pyridine rings is 1. The van der Waals surface area contributed by atoms with E-state index in [1.165, 1.54) is 6.42 Å². The van der Waals surface area contributed by atoms with E-state index in [1.54, 1.807) is 24.4 Å². The average Bonchev–Trinajstić information content (AvgIpc) is 3.02. The fourth-order valence-electron chi connectivity index (χ4n) is 7.70. The largest absolute Gasteiger partial charge is 0.489 e. The van der Waals surface area contributed by atoms with E-state index in [0.29, 0.717) is 27.8 Å². The minimum absolute atomic E-state index is 0.122. The molecule has 3 fully saturated rings. The van der Waals surface area contributed by atoms with E-state index in [1.807, 2.05) is 17.0 Å². The van der Waals surface area contributed by atoms with Crippen LogP contribution in [0.15, 0.2) is 36.5 Å². The van der Waals surface area contributed by atoms with Gasteiger partial charge >= 0.3 is 5.97 Å². The van der Waals surface area contributed by atoms with E-state index in [9.17, 15) is 9.59 Å². The molecule has 1 saturated carbocycles. The molecule has 1 aromatic carbocycles. The van der Waals surface area contributed by atoms with Gasteiger partial charge in [0.1, 0.15) is 23.7 Å². The van der Waals surface area contributed by atoms with Crippen molar-refractivity contribution >= 4 is 29.3 Å². The summed E-state index contributed by atoms with van der Waals surface area (Å²) in [7, 11) is 0. The lowest BCUT2D eigenvalue weighted by molar-refractivity contribution is -0.164. The molecule has 11 heteroatoms. The van der Waals surface area contributed by atoms with Crippen LogP contribution in [-0.2, 0) is 4.79 Å². The monoisotopic (exact) mass is 636 g/mol. The van der Waals surface area contributed by atoms with E-state index in [-0.39, 0.29) is 35.4 Å². The summed E-state index contributed by atoms with van der Waals surface area (Å²) in [6.45, 7) is 15.0. The van der Waals surface area contributed by atoms with Crippen molar-refractivity contribution in [2.24, 2.45) is 16.7 Å². The molecule has 0 spiro atoms. The van der Waals surface area contributed by atoms with Gasteiger partial charge in [-0.05, 0) is 56.0 Å². The molecule has 0 bridgehead atoms. The topological polar surface area (TPSA) is 122 Å². The van der Waals surface area contributed by atoms with Crippen molar-refractivity contribution < 1.29 is 19.4 Å². The van der Waals surface area contributed by atoms with Crippen LogP contribution in [0, 0.1) is 28.1 Å². The molecule has 2 aliphatic heterocycles. The number of rotatable bonds is 10. The smallest absolute Gasteiger partial charge is 0.317 e. The van der Waals surface area contributed by atoms with Crippen molar-refractivity contribution in [1.82, 2.24) is 20.1 Å². The Kier molecular flexibility index (Phi) is 9.92. The number of anilines is 1. The van der Waals surface area contributed by atoms with Crippen molar-refractivity contribution in [3.63, 3.8) is 0 Å². The Balaban J connectivity index is 1.08. The normalized spacial score (nSPS) is 23.5. The number of carboxylic acids is 1. The van der Waals surface area contributed by atoms with Crippen LogP contribution >= 0.6 is 11.6 Å². The zero-order chi connectivity index (χ0) is 32.4. The second-order valence-corrected chi connectivity index (χ2v) is 14.3. The maximum Gasteiger partial charge on any atom is 0.317 e. The standard InChI is InChI=1S/C34H45ClN6O4/c1-33(2)31(34(3,4)32(33)45-26-7-5-24(20-36)27(35)19-26)38-30(44)25-6-8-28(37-21-25)41-13-10-23(11-14-41)9-12-39-15-17-40(18-16-39)22-29(42)43/h5-8,19,21,23,31-32H,9-18,22H2,1-4H3,(H,38,44)(H,42,43)/t31-,32-. The van der Waals surface area contributed by atoms with Gasteiger partial charge in [0, 0.05) is 68.4 Å². The highest BCUT2D eigenvalue weighted by atomic mass is 35.5. The second-order valence-electron chi connectivity index (χ2n) is 13.9. The van der Waals surface area contributed by atoms with Crippen LogP contribution in [0.25, 0.3) is 0 Å². The summed E-state index contributed by atoms with van der Waals surface area (Å²) in [5, 5.41) is 21.8. The highest BCUT2D eigenvalue weighted by Gasteiger charge is 2.64. The number of halogens is 1. The second kappa shape index (κ2) is 13.5. The van der Waals surface area contributed by atoms with Crippen molar-refractivity contribution in [2.75, 3.05) is 57.3 Å². The van der Waals surface area contributed by atoms with Crippen LogP contribution in [-0.4, -0.2) is 96.3 Å². The summed E-state index contributed by atoms with van der Waals surface area (Å²) < 4.78 is 6.35. The first-order valence-corrected chi connectivity index (χ1v) is 16.3. The minimum atomic E-state index is -0.752. The zero-order valence-corrected chi connectivity index (χ0v) is 27.5. The van der Waals surface area contributed by atoms with Crippen molar-refractivity contribution in [3.8, 4) is 11.8 Å². The first-order valence-electron chi connectivity index (χ1n) is 15.9. The molecule has 0 radical (unpaired) electrons. The number of aliphatic carboxylic acids is 1. The van der Waals surface area contributed by atoms with Gasteiger partial charge in [0.05, 0.1) is 22.7 Å². The molecule has 0 atom stereocenters. The predicted molar refractivity (Wildman–Crippen MR) is 174 cm³/mol. The highest BCUT2D eigenvalue weighted by Crippen LogP contribution is 2.55. The minimum Gasteiger partial charge on any atom is -0.489 e. The third-order valence-corrected chi connectivity index (χ3v) is 10.4. The number of piperazine rings is 1. The van der Waals surface area contributed by atoms with Crippen LogP contribution in [0.4, 0.5) is 5.82 Å². The molecular formula is C34H45ClN6O4. The fraction of sp³-hybridized carbons (Fsp3) is 0.588. The number of benzene rings is 1. The summed E-state index contributed by atoms with van der Waals surface area (Å²) in [6.07, 6.45) is 4.91. The first kappa shape index (κ1) is 33.0. The van der Waals surface area contributed by atoms with E-state index >= 15 is 0 Å². The molecular weight excluding hydrogens is 592 g/mol. The molecule has 2 N–H and O–H groups in total. The first-order chi connectivity index (χ1) is 21.4. The van der Waals surface area contributed by atoms with E-state index in [4.69, 9.17) is 26.7 Å². The van der Waals surface area contributed by atoms with Crippen molar-refractivity contribution in [2.45, 2.75) is 59.1 Å². The lowest BCUT2D eigenvalue weighted by Gasteiger charge is -2.63. The van der Waals surface area contributed by atoms with Gasteiger partial charge in [-0.1, -0.05) is 39.3 Å². The summed E-state index contributed by atoms with van der Waals surface area (Å²) in [5.41, 5.74) is 0.258. The Hall–Kier alpha value is -3.39. The molecule has 45 heavy (non-hydrogen) atoms. The molecule has 2 aromatic rings. The van der Waals surface area contributed by atoms with E-state index < -0.39 is 5.97 Å². The summed E-state index contributed by atoms with van der Waals surface area (Å²) in [6, 6.07) is 10.8. The molecule has 1 amide bonds. The number of hydrogen-bond acceptors (Lipinski definition) is 8. The van der Waals surface area contributed by atoms with Gasteiger partial charge in [-0.3, -0.25) is 14.5 Å². The molecule has 0 unspecified atom stereocenters. The van der Waals surface area contributed by atoms with Gasteiger partial charge < -0.3 is 25.0 Å². The Bertz CT molecular complexity index is 1390. The molecule has 5 rings (SSSR count). The number of ether oxygens (including phenoxy) is 1. The van der Waals surface area contributed by atoms with Crippen LogP contribution < -0.4 is 15.0 Å². The molecule has 3 heterocycles. The number of carbonyl (C=O) groups excluding carboxylic acids is 1. The third kappa shape index (κ3) is 7.37.